The van der Waals surface area contributed by atoms with Crippen LogP contribution in [0.5, 0.6) is 5.75 Å². The van der Waals surface area contributed by atoms with Crippen molar-refractivity contribution in [2.45, 2.75) is 18.1 Å². The second-order valence-electron chi connectivity index (χ2n) is 7.39. The Morgan fingerprint density at radius 3 is 2.54 bits per heavy atom. The van der Waals surface area contributed by atoms with Crippen LogP contribution in [0.3, 0.4) is 0 Å². The molecular formula is C25H23Cl2N5O2S. The number of hydrogen-bond acceptors (Lipinski definition) is 6. The number of hydrogen-bond donors (Lipinski definition) is 2. The zero-order valence-electron chi connectivity index (χ0n) is 18.9. The molecule has 4 aromatic rings. The van der Waals surface area contributed by atoms with Gasteiger partial charge in [0.15, 0.2) is 11.0 Å². The van der Waals surface area contributed by atoms with E-state index in [2.05, 4.69) is 20.8 Å². The number of amides is 1. The van der Waals surface area contributed by atoms with Gasteiger partial charge in [0.1, 0.15) is 5.75 Å². The van der Waals surface area contributed by atoms with Crippen LogP contribution in [0.1, 0.15) is 12.2 Å². The van der Waals surface area contributed by atoms with Gasteiger partial charge >= 0.3 is 0 Å². The lowest BCUT2D eigenvalue weighted by Gasteiger charge is -2.13. The minimum atomic E-state index is -0.148. The van der Waals surface area contributed by atoms with E-state index < -0.39 is 0 Å². The van der Waals surface area contributed by atoms with Crippen LogP contribution in [0.15, 0.2) is 78.0 Å². The lowest BCUT2D eigenvalue weighted by molar-refractivity contribution is -0.115. The minimum absolute atomic E-state index is 0.148. The first kappa shape index (κ1) is 24.9. The summed E-state index contributed by atoms with van der Waals surface area (Å²) in [5, 5.41) is 16.6. The molecule has 0 aliphatic heterocycles. The number of anilines is 2. The first-order valence-electron chi connectivity index (χ1n) is 10.8. The molecule has 1 heterocycles. The number of rotatable bonds is 10. The van der Waals surface area contributed by atoms with Crippen molar-refractivity contribution >= 4 is 52.2 Å². The third-order valence-corrected chi connectivity index (χ3v) is 6.50. The van der Waals surface area contributed by atoms with E-state index in [1.165, 1.54) is 11.8 Å². The summed E-state index contributed by atoms with van der Waals surface area (Å²) in [6, 6.07) is 22.5. The molecule has 1 amide bonds. The standard InChI is InChI=1S/C25H23Cl2N5O2S/c1-34-22-10-6-5-9-21(22)28-16-23-30-31-25(32(23)18-7-3-2-4-8-18)35-14-13-24(33)29-20-12-11-17(26)15-19(20)27/h2-12,15,28H,13-14,16H2,1H3,(H,29,33). The van der Waals surface area contributed by atoms with Crippen molar-refractivity contribution in [2.75, 3.05) is 23.5 Å². The highest BCUT2D eigenvalue weighted by Crippen LogP contribution is 2.27. The van der Waals surface area contributed by atoms with Gasteiger partial charge in [-0.15, -0.1) is 10.2 Å². The smallest absolute Gasteiger partial charge is 0.225 e. The molecular weight excluding hydrogens is 505 g/mol. The van der Waals surface area contributed by atoms with Crippen molar-refractivity contribution in [3.05, 3.63) is 88.7 Å². The molecule has 0 aliphatic carbocycles. The average molecular weight is 528 g/mol. The molecule has 3 aromatic carbocycles. The van der Waals surface area contributed by atoms with Crippen molar-refractivity contribution in [1.82, 2.24) is 14.8 Å². The van der Waals surface area contributed by atoms with Crippen molar-refractivity contribution in [1.29, 1.82) is 0 Å². The summed E-state index contributed by atoms with van der Waals surface area (Å²) in [5.74, 6) is 1.86. The Morgan fingerprint density at radius 1 is 1.00 bits per heavy atom. The van der Waals surface area contributed by atoms with Gasteiger partial charge in [-0.1, -0.05) is 65.3 Å². The number of aromatic nitrogens is 3. The van der Waals surface area contributed by atoms with E-state index in [0.717, 1.165) is 22.9 Å². The number of ether oxygens (including phenoxy) is 1. The number of carbonyl (C=O) groups excluding carboxylic acids is 1. The molecule has 0 bridgehead atoms. The quantitative estimate of drug-likeness (QED) is 0.235. The molecule has 0 aliphatic rings. The molecule has 35 heavy (non-hydrogen) atoms. The van der Waals surface area contributed by atoms with E-state index in [1.807, 2.05) is 59.2 Å². The van der Waals surface area contributed by atoms with Crippen molar-refractivity contribution in [3.8, 4) is 11.4 Å². The van der Waals surface area contributed by atoms with Crippen molar-refractivity contribution < 1.29 is 9.53 Å². The molecule has 0 unspecified atom stereocenters. The normalized spacial score (nSPS) is 10.7. The second-order valence-corrected chi connectivity index (χ2v) is 9.30. The Balaban J connectivity index is 1.44. The number of benzene rings is 3. The number of nitrogens with zero attached hydrogens (tertiary/aromatic N) is 3. The molecule has 0 saturated carbocycles. The Hall–Kier alpha value is -3.20. The highest BCUT2D eigenvalue weighted by Gasteiger charge is 2.16. The topological polar surface area (TPSA) is 81.1 Å². The van der Waals surface area contributed by atoms with Crippen LogP contribution in [0.4, 0.5) is 11.4 Å². The zero-order chi connectivity index (χ0) is 24.6. The number of methoxy groups -OCH3 is 1. The molecule has 0 atom stereocenters. The van der Waals surface area contributed by atoms with Gasteiger partial charge in [0, 0.05) is 22.9 Å². The van der Waals surface area contributed by atoms with E-state index in [-0.39, 0.29) is 12.3 Å². The van der Waals surface area contributed by atoms with Crippen LogP contribution in [-0.2, 0) is 11.3 Å². The Kier molecular flexibility index (Phi) is 8.52. The number of thioether (sulfide) groups is 1. The number of carbonyl (C=O) groups is 1. The maximum Gasteiger partial charge on any atom is 0.225 e. The van der Waals surface area contributed by atoms with Gasteiger partial charge in [0.05, 0.1) is 30.1 Å². The van der Waals surface area contributed by atoms with E-state index >= 15 is 0 Å². The highest BCUT2D eigenvalue weighted by atomic mass is 35.5. The van der Waals surface area contributed by atoms with Crippen molar-refractivity contribution in [3.63, 3.8) is 0 Å². The number of para-hydroxylation sites is 3. The van der Waals surface area contributed by atoms with Gasteiger partial charge in [0.2, 0.25) is 5.91 Å². The molecule has 10 heteroatoms. The van der Waals surface area contributed by atoms with Crippen LogP contribution < -0.4 is 15.4 Å². The van der Waals surface area contributed by atoms with E-state index in [0.29, 0.717) is 33.2 Å². The van der Waals surface area contributed by atoms with Crippen LogP contribution in [0, 0.1) is 0 Å². The van der Waals surface area contributed by atoms with Crippen LogP contribution in [0.25, 0.3) is 5.69 Å². The van der Waals surface area contributed by atoms with Gasteiger partial charge < -0.3 is 15.4 Å². The predicted octanol–water partition coefficient (Wildman–Crippen LogP) is 6.32. The fraction of sp³-hybridized carbons (Fsp3) is 0.160. The third kappa shape index (κ3) is 6.48. The lowest BCUT2D eigenvalue weighted by atomic mass is 10.3. The predicted molar refractivity (Wildman–Crippen MR) is 142 cm³/mol. The fourth-order valence-electron chi connectivity index (χ4n) is 3.35. The number of nitrogens with one attached hydrogen (secondary N) is 2. The summed E-state index contributed by atoms with van der Waals surface area (Å²) in [5.41, 5.74) is 2.33. The monoisotopic (exact) mass is 527 g/mol. The molecule has 4 rings (SSSR count). The largest absolute Gasteiger partial charge is 0.495 e. The van der Waals surface area contributed by atoms with E-state index in [1.54, 1.807) is 25.3 Å². The summed E-state index contributed by atoms with van der Waals surface area (Å²) in [6.07, 6.45) is 0.278. The minimum Gasteiger partial charge on any atom is -0.495 e. The number of halogens is 2. The molecule has 0 spiro atoms. The highest BCUT2D eigenvalue weighted by molar-refractivity contribution is 7.99. The third-order valence-electron chi connectivity index (χ3n) is 5.02. The molecule has 7 nitrogen and oxygen atoms in total. The first-order valence-corrected chi connectivity index (χ1v) is 12.5. The van der Waals surface area contributed by atoms with Crippen molar-refractivity contribution in [2.24, 2.45) is 0 Å². The maximum atomic E-state index is 12.4. The Labute approximate surface area is 217 Å². The summed E-state index contributed by atoms with van der Waals surface area (Å²) in [6.45, 7) is 0.443. The van der Waals surface area contributed by atoms with E-state index in [4.69, 9.17) is 27.9 Å². The summed E-state index contributed by atoms with van der Waals surface area (Å²) in [7, 11) is 1.64. The average Bonchev–Trinajstić information content (AvgIpc) is 3.27. The van der Waals surface area contributed by atoms with Crippen LogP contribution in [-0.4, -0.2) is 33.5 Å². The van der Waals surface area contributed by atoms with Crippen LogP contribution >= 0.6 is 35.0 Å². The van der Waals surface area contributed by atoms with E-state index in [9.17, 15) is 4.79 Å². The fourth-order valence-corrected chi connectivity index (χ4v) is 4.71. The van der Waals surface area contributed by atoms with Gasteiger partial charge in [-0.3, -0.25) is 9.36 Å². The maximum absolute atomic E-state index is 12.4. The molecule has 0 saturated heterocycles. The first-order chi connectivity index (χ1) is 17.0. The summed E-state index contributed by atoms with van der Waals surface area (Å²) >= 11 is 13.5. The zero-order valence-corrected chi connectivity index (χ0v) is 21.2. The van der Waals surface area contributed by atoms with Crippen LogP contribution in [0.2, 0.25) is 10.0 Å². The molecule has 180 valence electrons. The Bertz CT molecular complexity index is 1300. The van der Waals surface area contributed by atoms with Gasteiger partial charge in [-0.05, 0) is 42.5 Å². The van der Waals surface area contributed by atoms with Gasteiger partial charge in [0.25, 0.3) is 0 Å². The lowest BCUT2D eigenvalue weighted by Crippen LogP contribution is -2.13. The second kappa shape index (κ2) is 12.0. The SMILES string of the molecule is COc1ccccc1NCc1nnc(SCCC(=O)Nc2ccc(Cl)cc2Cl)n1-c1ccccc1. The molecule has 1 aromatic heterocycles. The molecule has 2 N–H and O–H groups in total. The van der Waals surface area contributed by atoms with Gasteiger partial charge in [-0.25, -0.2) is 0 Å². The summed E-state index contributed by atoms with van der Waals surface area (Å²) < 4.78 is 7.41. The summed E-state index contributed by atoms with van der Waals surface area (Å²) in [4.78, 5) is 12.4. The Morgan fingerprint density at radius 2 is 1.77 bits per heavy atom. The van der Waals surface area contributed by atoms with Gasteiger partial charge in [-0.2, -0.15) is 0 Å². The molecule has 0 fully saturated rings. The molecule has 0 radical (unpaired) electrons.